The van der Waals surface area contributed by atoms with Gasteiger partial charge in [-0.15, -0.1) is 0 Å². The summed E-state index contributed by atoms with van der Waals surface area (Å²) in [6.07, 6.45) is 1.93. The van der Waals surface area contributed by atoms with Crippen LogP contribution >= 0.6 is 0 Å². The third kappa shape index (κ3) is 1.86. The normalized spacial score (nSPS) is 11.2. The van der Waals surface area contributed by atoms with Gasteiger partial charge in [-0.2, -0.15) is 0 Å². The molecule has 96 valence electrons. The summed E-state index contributed by atoms with van der Waals surface area (Å²) >= 11 is 0. The van der Waals surface area contributed by atoms with Crippen LogP contribution in [0.25, 0.3) is 21.8 Å². The number of aromatic nitrogens is 2. The van der Waals surface area contributed by atoms with Gasteiger partial charge in [0.2, 0.25) is 0 Å². The van der Waals surface area contributed by atoms with Gasteiger partial charge in [0.1, 0.15) is 0 Å². The first-order valence-corrected chi connectivity index (χ1v) is 6.78. The Morgan fingerprint density at radius 2 is 1.50 bits per heavy atom. The van der Waals surface area contributed by atoms with Crippen LogP contribution in [0.3, 0.4) is 0 Å². The molecule has 2 heteroatoms. The van der Waals surface area contributed by atoms with Gasteiger partial charge < -0.3 is 4.57 Å². The molecule has 0 amide bonds. The van der Waals surface area contributed by atoms with Crippen molar-refractivity contribution in [3.05, 3.63) is 78.6 Å². The number of imidazole rings is 1. The molecule has 0 aliphatic carbocycles. The van der Waals surface area contributed by atoms with Crippen LogP contribution < -0.4 is 0 Å². The first-order valence-electron chi connectivity index (χ1n) is 6.78. The highest BCUT2D eigenvalue weighted by atomic mass is 15.0. The fraction of sp³-hybridized carbons (Fsp3) is 0.0556. The van der Waals surface area contributed by atoms with Crippen molar-refractivity contribution in [2.75, 3.05) is 0 Å². The van der Waals surface area contributed by atoms with Crippen LogP contribution in [0, 0.1) is 0 Å². The molecule has 4 rings (SSSR count). The first-order chi connectivity index (χ1) is 9.90. The fourth-order valence-electron chi connectivity index (χ4n) is 2.65. The van der Waals surface area contributed by atoms with E-state index in [-0.39, 0.29) is 0 Å². The van der Waals surface area contributed by atoms with E-state index < -0.39 is 0 Å². The van der Waals surface area contributed by atoms with E-state index in [9.17, 15) is 0 Å². The summed E-state index contributed by atoms with van der Waals surface area (Å²) in [6, 6.07) is 23.3. The summed E-state index contributed by atoms with van der Waals surface area (Å²) in [7, 11) is 0. The molecular weight excluding hydrogens is 244 g/mol. The molecule has 4 aromatic rings. The molecule has 0 aliphatic heterocycles. The highest BCUT2D eigenvalue weighted by Gasteiger charge is 2.05. The lowest BCUT2D eigenvalue weighted by Gasteiger charge is -2.05. The maximum atomic E-state index is 4.53. The van der Waals surface area contributed by atoms with E-state index in [0.717, 1.165) is 12.1 Å². The van der Waals surface area contributed by atoms with Gasteiger partial charge in [-0.25, -0.2) is 4.98 Å². The largest absolute Gasteiger partial charge is 0.326 e. The van der Waals surface area contributed by atoms with Gasteiger partial charge in [0.05, 0.1) is 17.4 Å². The zero-order valence-corrected chi connectivity index (χ0v) is 11.0. The minimum atomic E-state index is 0.857. The van der Waals surface area contributed by atoms with Gasteiger partial charge in [-0.05, 0) is 28.5 Å². The second-order valence-corrected chi connectivity index (χ2v) is 5.05. The van der Waals surface area contributed by atoms with Crippen molar-refractivity contribution in [1.29, 1.82) is 0 Å². The van der Waals surface area contributed by atoms with Crippen molar-refractivity contribution in [1.82, 2.24) is 9.55 Å². The van der Waals surface area contributed by atoms with Crippen molar-refractivity contribution >= 4 is 21.8 Å². The zero-order chi connectivity index (χ0) is 13.4. The van der Waals surface area contributed by atoms with Crippen LogP contribution in [0.1, 0.15) is 5.56 Å². The Bertz CT molecular complexity index is 876. The summed E-state index contributed by atoms with van der Waals surface area (Å²) in [5, 5.41) is 2.50. The highest BCUT2D eigenvalue weighted by Crippen LogP contribution is 2.22. The fourth-order valence-corrected chi connectivity index (χ4v) is 2.65. The zero-order valence-electron chi connectivity index (χ0n) is 11.0. The van der Waals surface area contributed by atoms with Crippen molar-refractivity contribution in [3.63, 3.8) is 0 Å². The molecule has 1 heterocycles. The number of rotatable bonds is 2. The third-order valence-electron chi connectivity index (χ3n) is 3.68. The Balaban J connectivity index is 1.86. The number of hydrogen-bond donors (Lipinski definition) is 0. The van der Waals surface area contributed by atoms with Crippen LogP contribution in [0.4, 0.5) is 0 Å². The van der Waals surface area contributed by atoms with E-state index in [1.165, 1.54) is 21.9 Å². The Morgan fingerprint density at radius 1 is 0.800 bits per heavy atom. The molecule has 0 fully saturated rings. The van der Waals surface area contributed by atoms with Crippen LogP contribution in [0.5, 0.6) is 0 Å². The SMILES string of the molecule is c1ccc(Cn2cnc3cc4ccccc4cc32)cc1. The lowest BCUT2D eigenvalue weighted by atomic mass is 10.1. The average molecular weight is 258 g/mol. The molecule has 0 spiro atoms. The number of hydrogen-bond acceptors (Lipinski definition) is 1. The van der Waals surface area contributed by atoms with Crippen LogP contribution in [-0.4, -0.2) is 9.55 Å². The van der Waals surface area contributed by atoms with Crippen molar-refractivity contribution in [2.45, 2.75) is 6.54 Å². The second-order valence-electron chi connectivity index (χ2n) is 5.05. The van der Waals surface area contributed by atoms with Gasteiger partial charge in [-0.1, -0.05) is 54.6 Å². The molecule has 0 saturated heterocycles. The first kappa shape index (κ1) is 11.2. The van der Waals surface area contributed by atoms with E-state index in [1.54, 1.807) is 0 Å². The maximum Gasteiger partial charge on any atom is 0.0961 e. The van der Waals surface area contributed by atoms with E-state index >= 15 is 0 Å². The Morgan fingerprint density at radius 3 is 2.30 bits per heavy atom. The number of nitrogens with zero attached hydrogens (tertiary/aromatic N) is 2. The molecule has 20 heavy (non-hydrogen) atoms. The van der Waals surface area contributed by atoms with Crippen molar-refractivity contribution < 1.29 is 0 Å². The van der Waals surface area contributed by atoms with Gasteiger partial charge in [-0.3, -0.25) is 0 Å². The van der Waals surface area contributed by atoms with Gasteiger partial charge >= 0.3 is 0 Å². The predicted molar refractivity (Wildman–Crippen MR) is 82.8 cm³/mol. The van der Waals surface area contributed by atoms with Crippen LogP contribution in [0.2, 0.25) is 0 Å². The number of fused-ring (bicyclic) bond motifs is 2. The van der Waals surface area contributed by atoms with Crippen molar-refractivity contribution in [2.24, 2.45) is 0 Å². The minimum Gasteiger partial charge on any atom is -0.326 e. The molecule has 1 aromatic heterocycles. The van der Waals surface area contributed by atoms with Crippen molar-refractivity contribution in [3.8, 4) is 0 Å². The summed E-state index contributed by atoms with van der Waals surface area (Å²) in [6.45, 7) is 0.857. The minimum absolute atomic E-state index is 0.857. The molecule has 0 N–H and O–H groups in total. The Kier molecular flexibility index (Phi) is 2.52. The summed E-state index contributed by atoms with van der Waals surface area (Å²) < 4.78 is 2.21. The maximum absolute atomic E-state index is 4.53. The van der Waals surface area contributed by atoms with Crippen LogP contribution in [0.15, 0.2) is 73.1 Å². The molecule has 0 unspecified atom stereocenters. The monoisotopic (exact) mass is 258 g/mol. The smallest absolute Gasteiger partial charge is 0.0961 e. The second kappa shape index (κ2) is 4.49. The quantitative estimate of drug-likeness (QED) is 0.526. The van der Waals surface area contributed by atoms with E-state index in [2.05, 4.69) is 70.2 Å². The Labute approximate surface area is 117 Å². The third-order valence-corrected chi connectivity index (χ3v) is 3.68. The predicted octanol–water partition coefficient (Wildman–Crippen LogP) is 4.24. The van der Waals surface area contributed by atoms with E-state index in [0.29, 0.717) is 0 Å². The number of benzene rings is 3. The lowest BCUT2D eigenvalue weighted by molar-refractivity contribution is 0.825. The molecule has 0 aliphatic rings. The van der Waals surface area contributed by atoms with Gasteiger partial charge in [0, 0.05) is 6.54 Å². The standard InChI is InChI=1S/C18H14N2/c1-2-6-14(7-3-1)12-20-13-19-17-10-15-8-4-5-9-16(15)11-18(17)20/h1-11,13H,12H2. The summed E-state index contributed by atoms with van der Waals surface area (Å²) in [4.78, 5) is 4.53. The molecule has 0 atom stereocenters. The molecular formula is C18H14N2. The highest BCUT2D eigenvalue weighted by molar-refractivity contribution is 5.95. The molecule has 3 aromatic carbocycles. The molecule has 0 saturated carbocycles. The summed E-state index contributed by atoms with van der Waals surface area (Å²) in [5.74, 6) is 0. The van der Waals surface area contributed by atoms with E-state index in [4.69, 9.17) is 0 Å². The van der Waals surface area contributed by atoms with Gasteiger partial charge in [0.15, 0.2) is 0 Å². The Hall–Kier alpha value is -2.61. The van der Waals surface area contributed by atoms with Crippen LogP contribution in [-0.2, 0) is 6.54 Å². The molecule has 2 nitrogen and oxygen atoms in total. The molecule has 0 radical (unpaired) electrons. The summed E-state index contributed by atoms with van der Waals surface area (Å²) in [5.41, 5.74) is 3.53. The van der Waals surface area contributed by atoms with E-state index in [1.807, 2.05) is 12.4 Å². The molecule has 0 bridgehead atoms. The topological polar surface area (TPSA) is 17.8 Å². The average Bonchev–Trinajstić information content (AvgIpc) is 2.88. The van der Waals surface area contributed by atoms with Gasteiger partial charge in [0.25, 0.3) is 0 Å². The lowest BCUT2D eigenvalue weighted by Crippen LogP contribution is -1.97.